The Balaban J connectivity index is 1.71. The van der Waals surface area contributed by atoms with Crippen molar-refractivity contribution in [2.75, 3.05) is 5.32 Å². The second-order valence-electron chi connectivity index (χ2n) is 9.22. The summed E-state index contributed by atoms with van der Waals surface area (Å²) in [5.41, 5.74) is 11.3. The van der Waals surface area contributed by atoms with Gasteiger partial charge in [-0.15, -0.1) is 0 Å². The van der Waals surface area contributed by atoms with E-state index < -0.39 is 0 Å². The van der Waals surface area contributed by atoms with Crippen molar-refractivity contribution in [3.8, 4) is 0 Å². The van der Waals surface area contributed by atoms with Gasteiger partial charge >= 0.3 is 0 Å². The highest BCUT2D eigenvalue weighted by Crippen LogP contribution is 2.49. The van der Waals surface area contributed by atoms with E-state index in [2.05, 4.69) is 22.0 Å². The molecule has 0 aliphatic heterocycles. The molecule has 2 fully saturated rings. The number of amides is 1. The Hall–Kier alpha value is -3.36. The van der Waals surface area contributed by atoms with E-state index in [1.807, 2.05) is 36.2 Å². The highest BCUT2D eigenvalue weighted by molar-refractivity contribution is 6.13. The first-order chi connectivity index (χ1) is 15.4. The van der Waals surface area contributed by atoms with Gasteiger partial charge in [0.25, 0.3) is 5.91 Å². The first kappa shape index (κ1) is 19.3. The number of rotatable bonds is 6. The monoisotopic (exact) mass is 432 g/mol. The fourth-order valence-electron chi connectivity index (χ4n) is 4.98. The summed E-state index contributed by atoms with van der Waals surface area (Å²) in [6.45, 7) is 4.66. The zero-order chi connectivity index (χ0) is 22.3. The van der Waals surface area contributed by atoms with E-state index in [4.69, 9.17) is 15.7 Å². The van der Waals surface area contributed by atoms with E-state index >= 15 is 0 Å². The van der Waals surface area contributed by atoms with E-state index in [-0.39, 0.29) is 5.91 Å². The largest absolute Gasteiger partial charge is 0.364 e. The average Bonchev–Trinajstić information content (AvgIpc) is 3.67. The molecule has 4 aromatic rings. The van der Waals surface area contributed by atoms with Gasteiger partial charge in [-0.25, -0.2) is 9.97 Å². The molecular formula is C23H28N8O. The maximum absolute atomic E-state index is 12.6. The van der Waals surface area contributed by atoms with Crippen molar-refractivity contribution in [3.05, 3.63) is 28.8 Å². The van der Waals surface area contributed by atoms with Crippen molar-refractivity contribution in [2.45, 2.75) is 57.9 Å². The van der Waals surface area contributed by atoms with Crippen LogP contribution in [0.3, 0.4) is 0 Å². The van der Waals surface area contributed by atoms with Crippen LogP contribution in [0.2, 0.25) is 0 Å². The zero-order valence-corrected chi connectivity index (χ0v) is 18.9. The third kappa shape index (κ3) is 2.69. The van der Waals surface area contributed by atoms with Gasteiger partial charge in [0, 0.05) is 43.7 Å². The Kier molecular flexibility index (Phi) is 3.97. The van der Waals surface area contributed by atoms with Crippen LogP contribution in [-0.2, 0) is 20.6 Å². The molecule has 9 heteroatoms. The fourth-order valence-corrected chi connectivity index (χ4v) is 4.98. The molecule has 0 radical (unpaired) electrons. The van der Waals surface area contributed by atoms with Crippen molar-refractivity contribution >= 4 is 39.6 Å². The van der Waals surface area contributed by atoms with Crippen LogP contribution in [0.1, 0.15) is 72.0 Å². The van der Waals surface area contributed by atoms with Crippen LogP contribution < -0.4 is 11.1 Å². The molecule has 4 aromatic heterocycles. The molecule has 4 heterocycles. The Morgan fingerprint density at radius 2 is 1.91 bits per heavy atom. The van der Waals surface area contributed by atoms with Gasteiger partial charge in [-0.2, -0.15) is 5.10 Å². The van der Waals surface area contributed by atoms with Crippen LogP contribution in [0.25, 0.3) is 22.1 Å². The first-order valence-corrected chi connectivity index (χ1v) is 11.4. The molecule has 6 rings (SSSR count). The minimum atomic E-state index is -0.389. The Morgan fingerprint density at radius 3 is 2.47 bits per heavy atom. The highest BCUT2D eigenvalue weighted by atomic mass is 16.1. The lowest BCUT2D eigenvalue weighted by atomic mass is 10.1. The standard InChI is InChI=1S/C23H28N8O/c1-5-31-19(20(24)32)15(12-6-7-12)16-18-17(26-22(29(18)3)13-8-9-13)21(27-23(16)31)25-14-10-11(2)30(4)28-14/h10,12-13H,5-9H2,1-4H3,(H2,24,32)(H,25,27,28). The molecule has 0 saturated heterocycles. The van der Waals surface area contributed by atoms with E-state index in [9.17, 15) is 4.79 Å². The van der Waals surface area contributed by atoms with Gasteiger partial charge in [-0.1, -0.05) is 0 Å². The van der Waals surface area contributed by atoms with Crippen molar-refractivity contribution in [1.82, 2.24) is 28.9 Å². The number of hydrogen-bond donors (Lipinski definition) is 2. The number of nitrogens with zero attached hydrogens (tertiary/aromatic N) is 6. The van der Waals surface area contributed by atoms with Crippen LogP contribution in [0.4, 0.5) is 11.6 Å². The average molecular weight is 433 g/mol. The van der Waals surface area contributed by atoms with E-state index in [1.165, 1.54) is 0 Å². The summed E-state index contributed by atoms with van der Waals surface area (Å²) in [6, 6.07) is 1.99. The number of aromatic nitrogens is 6. The number of nitrogens with two attached hydrogens (primary N) is 1. The molecule has 0 atom stereocenters. The summed E-state index contributed by atoms with van der Waals surface area (Å²) in [7, 11) is 4.00. The van der Waals surface area contributed by atoms with E-state index in [0.717, 1.165) is 70.6 Å². The van der Waals surface area contributed by atoms with Crippen molar-refractivity contribution in [1.29, 1.82) is 0 Å². The highest BCUT2D eigenvalue weighted by Gasteiger charge is 2.37. The number of hydrogen-bond acceptors (Lipinski definition) is 5. The minimum Gasteiger partial charge on any atom is -0.364 e. The number of fused-ring (bicyclic) bond motifs is 3. The van der Waals surface area contributed by atoms with Gasteiger partial charge in [0.2, 0.25) is 0 Å². The fraction of sp³-hybridized carbons (Fsp3) is 0.478. The number of primary amides is 1. The lowest BCUT2D eigenvalue weighted by molar-refractivity contribution is 0.0991. The molecule has 2 saturated carbocycles. The second-order valence-corrected chi connectivity index (χ2v) is 9.22. The summed E-state index contributed by atoms with van der Waals surface area (Å²) in [6.07, 6.45) is 4.47. The van der Waals surface area contributed by atoms with Gasteiger partial charge in [-0.05, 0) is 51.0 Å². The number of carbonyl (C=O) groups excluding carboxylic acids is 1. The smallest absolute Gasteiger partial charge is 0.265 e. The summed E-state index contributed by atoms with van der Waals surface area (Å²) < 4.78 is 6.02. The van der Waals surface area contributed by atoms with E-state index in [1.54, 1.807) is 0 Å². The number of imidazole rings is 1. The van der Waals surface area contributed by atoms with Crippen LogP contribution in [0.15, 0.2) is 6.07 Å². The SMILES string of the molecule is CCn1c(C(N)=O)c(C2CC2)c2c3c(nc(C4CC4)n3C)c(Nc3cc(C)n(C)n3)nc21. The predicted octanol–water partition coefficient (Wildman–Crippen LogP) is 3.58. The summed E-state index contributed by atoms with van der Waals surface area (Å²) in [5.74, 6) is 2.93. The van der Waals surface area contributed by atoms with Crippen LogP contribution in [0, 0.1) is 6.92 Å². The molecule has 0 bridgehead atoms. The third-order valence-electron chi connectivity index (χ3n) is 6.92. The lowest BCUT2D eigenvalue weighted by Gasteiger charge is -2.08. The van der Waals surface area contributed by atoms with Gasteiger partial charge < -0.3 is 20.2 Å². The topological polar surface area (TPSA) is 109 Å². The third-order valence-corrected chi connectivity index (χ3v) is 6.92. The molecule has 0 spiro atoms. The molecule has 1 amide bonds. The maximum Gasteiger partial charge on any atom is 0.265 e. The summed E-state index contributed by atoms with van der Waals surface area (Å²) in [5, 5.41) is 8.99. The number of anilines is 2. The summed E-state index contributed by atoms with van der Waals surface area (Å²) >= 11 is 0. The van der Waals surface area contributed by atoms with Crippen molar-refractivity contribution in [3.63, 3.8) is 0 Å². The quantitative estimate of drug-likeness (QED) is 0.484. The van der Waals surface area contributed by atoms with Crippen LogP contribution in [0.5, 0.6) is 0 Å². The number of nitrogens with one attached hydrogen (secondary N) is 1. The minimum absolute atomic E-state index is 0.356. The van der Waals surface area contributed by atoms with Crippen molar-refractivity contribution in [2.24, 2.45) is 19.8 Å². The lowest BCUT2D eigenvalue weighted by Crippen LogP contribution is -2.18. The Morgan fingerprint density at radius 1 is 1.19 bits per heavy atom. The molecule has 2 aliphatic rings. The van der Waals surface area contributed by atoms with Crippen molar-refractivity contribution < 1.29 is 4.79 Å². The Labute approximate surface area is 185 Å². The van der Waals surface area contributed by atoms with Crippen LogP contribution >= 0.6 is 0 Å². The molecule has 0 aromatic carbocycles. The molecule has 166 valence electrons. The number of pyridine rings is 1. The summed E-state index contributed by atoms with van der Waals surface area (Å²) in [4.78, 5) is 22.7. The molecule has 9 nitrogen and oxygen atoms in total. The maximum atomic E-state index is 12.6. The van der Waals surface area contributed by atoms with Crippen LogP contribution in [-0.4, -0.2) is 34.8 Å². The molecule has 3 N–H and O–H groups in total. The molecule has 0 unspecified atom stereocenters. The van der Waals surface area contributed by atoms with Gasteiger partial charge in [0.05, 0.1) is 5.52 Å². The molecule has 32 heavy (non-hydrogen) atoms. The first-order valence-electron chi connectivity index (χ1n) is 11.4. The second kappa shape index (κ2) is 6.57. The zero-order valence-electron chi connectivity index (χ0n) is 18.9. The van der Waals surface area contributed by atoms with Gasteiger partial charge in [-0.3, -0.25) is 9.48 Å². The molecular weight excluding hydrogens is 404 g/mol. The number of carbonyl (C=O) groups is 1. The van der Waals surface area contributed by atoms with Gasteiger partial charge in [0.15, 0.2) is 11.6 Å². The van der Waals surface area contributed by atoms with Gasteiger partial charge in [0.1, 0.15) is 22.7 Å². The normalized spacial score (nSPS) is 16.4. The predicted molar refractivity (Wildman–Crippen MR) is 123 cm³/mol. The molecule has 2 aliphatic carbocycles. The van der Waals surface area contributed by atoms with E-state index in [0.29, 0.717) is 29.9 Å². The Bertz CT molecular complexity index is 1390. The number of aryl methyl sites for hydroxylation is 4.